The third-order valence-electron chi connectivity index (χ3n) is 2.67. The molecule has 2 rings (SSSR count). The van der Waals surface area contributed by atoms with Crippen LogP contribution < -0.4 is 10.5 Å². The van der Waals surface area contributed by atoms with Crippen LogP contribution in [0.2, 0.25) is 0 Å². The van der Waals surface area contributed by atoms with Gasteiger partial charge in [0.1, 0.15) is 11.5 Å². The third kappa shape index (κ3) is 3.22. The third-order valence-corrected chi connectivity index (χ3v) is 2.67. The van der Waals surface area contributed by atoms with Crippen molar-refractivity contribution in [1.29, 1.82) is 0 Å². The van der Waals surface area contributed by atoms with Gasteiger partial charge >= 0.3 is 0 Å². The zero-order valence-corrected chi connectivity index (χ0v) is 10.9. The number of aromatic nitrogens is 1. The van der Waals surface area contributed by atoms with Crippen molar-refractivity contribution < 1.29 is 4.74 Å². The summed E-state index contributed by atoms with van der Waals surface area (Å²) in [5.41, 5.74) is 8.80. The van der Waals surface area contributed by atoms with Gasteiger partial charge in [0.05, 0.1) is 5.69 Å². The van der Waals surface area contributed by atoms with Crippen molar-refractivity contribution in [2.75, 3.05) is 5.73 Å². The molecule has 0 radical (unpaired) electrons. The van der Waals surface area contributed by atoms with E-state index >= 15 is 0 Å². The summed E-state index contributed by atoms with van der Waals surface area (Å²) in [5.74, 6) is 1.43. The average Bonchev–Trinajstić information content (AvgIpc) is 2.41. The molecule has 0 amide bonds. The Balaban J connectivity index is 2.22. The maximum Gasteiger partial charge on any atom is 0.131 e. The molecule has 0 aliphatic rings. The minimum absolute atomic E-state index is 0.706. The Morgan fingerprint density at radius 1 is 1.11 bits per heavy atom. The van der Waals surface area contributed by atoms with Crippen molar-refractivity contribution in [2.24, 2.45) is 0 Å². The highest BCUT2D eigenvalue weighted by atomic mass is 16.5. The summed E-state index contributed by atoms with van der Waals surface area (Å²) in [6.45, 7) is 9.71. The topological polar surface area (TPSA) is 48.1 Å². The van der Waals surface area contributed by atoms with Gasteiger partial charge in [-0.15, -0.1) is 0 Å². The molecule has 2 N–H and O–H groups in total. The number of benzene rings is 1. The molecule has 1 aromatic carbocycles. The van der Waals surface area contributed by atoms with Crippen LogP contribution >= 0.6 is 0 Å². The number of nitrogens with zero attached hydrogens (tertiary/aromatic N) is 1. The van der Waals surface area contributed by atoms with E-state index < -0.39 is 0 Å². The molecular formula is C16H16N2O. The highest BCUT2D eigenvalue weighted by Crippen LogP contribution is 2.25. The predicted molar refractivity (Wildman–Crippen MR) is 79.0 cm³/mol. The number of hydrogen-bond donors (Lipinski definition) is 1. The summed E-state index contributed by atoms with van der Waals surface area (Å²) in [7, 11) is 0. The van der Waals surface area contributed by atoms with E-state index in [1.54, 1.807) is 24.4 Å². The van der Waals surface area contributed by atoms with Crippen LogP contribution in [-0.4, -0.2) is 4.98 Å². The van der Waals surface area contributed by atoms with Crippen LogP contribution in [0.4, 0.5) is 5.69 Å². The lowest BCUT2D eigenvalue weighted by Gasteiger charge is -2.08. The zero-order valence-electron chi connectivity index (χ0n) is 10.9. The molecule has 1 aromatic heterocycles. The Morgan fingerprint density at radius 2 is 1.79 bits per heavy atom. The fourth-order valence-electron chi connectivity index (χ4n) is 1.53. The molecule has 0 bridgehead atoms. The minimum Gasteiger partial charge on any atom is -0.457 e. The summed E-state index contributed by atoms with van der Waals surface area (Å²) in [6.07, 6.45) is 1.69. The van der Waals surface area contributed by atoms with Gasteiger partial charge in [-0.05, 0) is 48.4 Å². The van der Waals surface area contributed by atoms with E-state index in [2.05, 4.69) is 18.1 Å². The van der Waals surface area contributed by atoms with Gasteiger partial charge in [0.15, 0.2) is 0 Å². The molecule has 0 spiro atoms. The summed E-state index contributed by atoms with van der Waals surface area (Å²) in [6, 6.07) is 10.9. The first kappa shape index (κ1) is 12.9. The fraction of sp³-hybridized carbons (Fsp3) is 0.0625. The molecule has 2 aromatic rings. The van der Waals surface area contributed by atoms with Gasteiger partial charge in [-0.2, -0.15) is 0 Å². The Labute approximate surface area is 113 Å². The SMILES string of the molecule is C=C(C)C(=C)c1cc(Oc2ccc(N)cc2)ccn1. The number of allylic oxidation sites excluding steroid dienone is 2. The zero-order chi connectivity index (χ0) is 13.8. The van der Waals surface area contributed by atoms with E-state index in [9.17, 15) is 0 Å². The molecular weight excluding hydrogens is 236 g/mol. The largest absolute Gasteiger partial charge is 0.457 e. The van der Waals surface area contributed by atoms with Crippen LogP contribution in [-0.2, 0) is 0 Å². The van der Waals surface area contributed by atoms with Gasteiger partial charge in [0.25, 0.3) is 0 Å². The maximum atomic E-state index is 5.74. The number of nitrogens with two attached hydrogens (primary N) is 1. The number of hydrogen-bond acceptors (Lipinski definition) is 3. The first-order chi connectivity index (χ1) is 9.06. The van der Waals surface area contributed by atoms with Gasteiger partial charge in [0.2, 0.25) is 0 Å². The van der Waals surface area contributed by atoms with Crippen molar-refractivity contribution >= 4 is 11.3 Å². The normalized spacial score (nSPS) is 9.95. The highest BCUT2D eigenvalue weighted by Gasteiger charge is 2.04. The molecule has 0 aliphatic carbocycles. The number of ether oxygens (including phenoxy) is 1. The van der Waals surface area contributed by atoms with Crippen molar-refractivity contribution in [1.82, 2.24) is 4.98 Å². The van der Waals surface area contributed by atoms with Gasteiger partial charge in [-0.3, -0.25) is 4.98 Å². The number of pyridine rings is 1. The highest BCUT2D eigenvalue weighted by molar-refractivity contribution is 5.74. The van der Waals surface area contributed by atoms with Crippen molar-refractivity contribution in [3.05, 3.63) is 67.0 Å². The van der Waals surface area contributed by atoms with Crippen LogP contribution in [0.5, 0.6) is 11.5 Å². The molecule has 0 fully saturated rings. The van der Waals surface area contributed by atoms with E-state index in [-0.39, 0.29) is 0 Å². The maximum absolute atomic E-state index is 5.74. The quantitative estimate of drug-likeness (QED) is 0.659. The predicted octanol–water partition coefficient (Wildman–Crippen LogP) is 4.05. The Morgan fingerprint density at radius 3 is 2.42 bits per heavy atom. The summed E-state index contributed by atoms with van der Waals surface area (Å²) in [5, 5.41) is 0. The van der Waals surface area contributed by atoms with E-state index in [0.717, 1.165) is 22.6 Å². The lowest BCUT2D eigenvalue weighted by atomic mass is 10.1. The van der Waals surface area contributed by atoms with Crippen LogP contribution in [0.25, 0.3) is 5.57 Å². The Bertz CT molecular complexity index is 615. The number of anilines is 1. The van der Waals surface area contributed by atoms with Gasteiger partial charge in [-0.1, -0.05) is 13.2 Å². The minimum atomic E-state index is 0.706. The molecule has 1 heterocycles. The molecule has 19 heavy (non-hydrogen) atoms. The molecule has 0 saturated heterocycles. The number of nitrogen functional groups attached to an aromatic ring is 1. The van der Waals surface area contributed by atoms with Crippen molar-refractivity contribution in [3.63, 3.8) is 0 Å². The molecule has 0 unspecified atom stereocenters. The Kier molecular flexibility index (Phi) is 3.66. The lowest BCUT2D eigenvalue weighted by molar-refractivity contribution is 0.482. The standard InChI is InChI=1S/C16H16N2O/c1-11(2)12(3)16-10-15(8-9-18-16)19-14-6-4-13(17)5-7-14/h4-10H,1,3,17H2,2H3. The monoisotopic (exact) mass is 252 g/mol. The molecule has 0 atom stereocenters. The summed E-state index contributed by atoms with van der Waals surface area (Å²) in [4.78, 5) is 4.26. The van der Waals surface area contributed by atoms with E-state index in [1.807, 2.05) is 25.1 Å². The van der Waals surface area contributed by atoms with Crippen LogP contribution in [0.1, 0.15) is 12.6 Å². The van der Waals surface area contributed by atoms with Crippen molar-refractivity contribution in [2.45, 2.75) is 6.92 Å². The van der Waals surface area contributed by atoms with Crippen LogP contribution in [0.3, 0.4) is 0 Å². The second-order valence-corrected chi connectivity index (χ2v) is 4.31. The first-order valence-corrected chi connectivity index (χ1v) is 5.91. The second-order valence-electron chi connectivity index (χ2n) is 4.31. The molecule has 0 aliphatic heterocycles. The van der Waals surface area contributed by atoms with Crippen LogP contribution in [0.15, 0.2) is 61.3 Å². The average molecular weight is 252 g/mol. The summed E-state index contributed by atoms with van der Waals surface area (Å²) >= 11 is 0. The van der Waals surface area contributed by atoms with Gasteiger partial charge in [0, 0.05) is 18.0 Å². The molecule has 3 nitrogen and oxygen atoms in total. The lowest BCUT2D eigenvalue weighted by Crippen LogP contribution is -1.91. The smallest absolute Gasteiger partial charge is 0.131 e. The van der Waals surface area contributed by atoms with E-state index in [1.165, 1.54) is 0 Å². The first-order valence-electron chi connectivity index (χ1n) is 5.91. The van der Waals surface area contributed by atoms with E-state index in [4.69, 9.17) is 10.5 Å². The molecule has 0 saturated carbocycles. The van der Waals surface area contributed by atoms with Crippen molar-refractivity contribution in [3.8, 4) is 11.5 Å². The second kappa shape index (κ2) is 5.40. The van der Waals surface area contributed by atoms with Gasteiger partial charge in [-0.25, -0.2) is 0 Å². The van der Waals surface area contributed by atoms with E-state index in [0.29, 0.717) is 11.4 Å². The van der Waals surface area contributed by atoms with Crippen LogP contribution in [0, 0.1) is 0 Å². The summed E-state index contributed by atoms with van der Waals surface area (Å²) < 4.78 is 5.74. The molecule has 3 heteroatoms. The Hall–Kier alpha value is -2.55. The number of rotatable bonds is 4. The fourth-order valence-corrected chi connectivity index (χ4v) is 1.53. The molecule has 96 valence electrons. The van der Waals surface area contributed by atoms with Gasteiger partial charge < -0.3 is 10.5 Å².